The Bertz CT molecular complexity index is 613. The third-order valence-corrected chi connectivity index (χ3v) is 3.23. The molecular formula is C18H24N4O. The van der Waals surface area contributed by atoms with E-state index in [-0.39, 0.29) is 0 Å². The molecule has 0 saturated heterocycles. The summed E-state index contributed by atoms with van der Waals surface area (Å²) in [4.78, 5) is 8.66. The van der Waals surface area contributed by atoms with E-state index < -0.39 is 0 Å². The van der Waals surface area contributed by atoms with Gasteiger partial charge in [0.05, 0.1) is 18.8 Å². The molecule has 122 valence electrons. The molecular weight excluding hydrogens is 288 g/mol. The van der Waals surface area contributed by atoms with E-state index in [4.69, 9.17) is 4.74 Å². The molecule has 0 unspecified atom stereocenters. The van der Waals surface area contributed by atoms with E-state index in [0.29, 0.717) is 13.2 Å². The zero-order valence-electron chi connectivity index (χ0n) is 13.7. The van der Waals surface area contributed by atoms with Crippen molar-refractivity contribution in [3.63, 3.8) is 0 Å². The van der Waals surface area contributed by atoms with Crippen LogP contribution in [0.5, 0.6) is 5.75 Å². The lowest BCUT2D eigenvalue weighted by Crippen LogP contribution is -2.37. The molecule has 23 heavy (non-hydrogen) atoms. The third kappa shape index (κ3) is 6.38. The fourth-order valence-electron chi connectivity index (χ4n) is 2.08. The number of rotatable bonds is 7. The second kappa shape index (κ2) is 9.46. The summed E-state index contributed by atoms with van der Waals surface area (Å²) in [5, 5.41) is 6.53. The number of guanidine groups is 1. The molecule has 1 heterocycles. The van der Waals surface area contributed by atoms with Gasteiger partial charge in [0.1, 0.15) is 5.75 Å². The molecule has 0 amide bonds. The van der Waals surface area contributed by atoms with Gasteiger partial charge in [0.15, 0.2) is 5.96 Å². The van der Waals surface area contributed by atoms with Crippen LogP contribution in [0.4, 0.5) is 0 Å². The summed E-state index contributed by atoms with van der Waals surface area (Å²) >= 11 is 0. The van der Waals surface area contributed by atoms with Crippen LogP contribution in [0.1, 0.15) is 17.8 Å². The van der Waals surface area contributed by atoms with Crippen LogP contribution in [-0.4, -0.2) is 31.1 Å². The molecule has 0 aliphatic rings. The third-order valence-electron chi connectivity index (χ3n) is 3.23. The maximum atomic E-state index is 5.65. The Kier molecular flexibility index (Phi) is 6.91. The van der Waals surface area contributed by atoms with E-state index in [1.54, 1.807) is 7.05 Å². The predicted molar refractivity (Wildman–Crippen MR) is 93.7 cm³/mol. The average molecular weight is 312 g/mol. The van der Waals surface area contributed by atoms with E-state index in [9.17, 15) is 0 Å². The number of aryl methyl sites for hydroxylation is 1. The van der Waals surface area contributed by atoms with Crippen LogP contribution in [0.3, 0.4) is 0 Å². The first-order valence-electron chi connectivity index (χ1n) is 7.83. The highest BCUT2D eigenvalue weighted by atomic mass is 16.5. The van der Waals surface area contributed by atoms with Crippen molar-refractivity contribution in [1.29, 1.82) is 0 Å². The van der Waals surface area contributed by atoms with Crippen molar-refractivity contribution in [3.8, 4) is 5.75 Å². The highest BCUT2D eigenvalue weighted by molar-refractivity contribution is 5.79. The summed E-state index contributed by atoms with van der Waals surface area (Å²) in [6.45, 7) is 4.12. The second-order valence-electron chi connectivity index (χ2n) is 5.14. The number of aromatic nitrogens is 1. The fraction of sp³-hybridized carbons (Fsp3) is 0.333. The molecule has 2 N–H and O–H groups in total. The number of aliphatic imine (C=N–C) groups is 1. The lowest BCUT2D eigenvalue weighted by molar-refractivity contribution is 0.311. The first-order chi connectivity index (χ1) is 11.3. The van der Waals surface area contributed by atoms with Crippen molar-refractivity contribution in [3.05, 3.63) is 59.9 Å². The Morgan fingerprint density at radius 2 is 1.91 bits per heavy atom. The fourth-order valence-corrected chi connectivity index (χ4v) is 2.08. The highest BCUT2D eigenvalue weighted by Gasteiger charge is 1.99. The number of nitrogens with zero attached hydrogens (tertiary/aromatic N) is 2. The molecule has 5 nitrogen and oxygen atoms in total. The minimum atomic E-state index is 0.655. The number of pyridine rings is 1. The van der Waals surface area contributed by atoms with Crippen LogP contribution in [0.15, 0.2) is 53.5 Å². The van der Waals surface area contributed by atoms with Crippen molar-refractivity contribution in [1.82, 2.24) is 15.6 Å². The molecule has 2 aromatic rings. The van der Waals surface area contributed by atoms with Gasteiger partial charge in [-0.05, 0) is 37.6 Å². The lowest BCUT2D eigenvalue weighted by Gasteiger charge is -2.12. The monoisotopic (exact) mass is 312 g/mol. The maximum absolute atomic E-state index is 5.65. The van der Waals surface area contributed by atoms with Crippen LogP contribution >= 0.6 is 0 Å². The highest BCUT2D eigenvalue weighted by Crippen LogP contribution is 2.07. The molecule has 5 heteroatoms. The van der Waals surface area contributed by atoms with Gasteiger partial charge in [-0.25, -0.2) is 0 Å². The Labute approximate surface area is 137 Å². The number of benzene rings is 1. The first kappa shape index (κ1) is 16.8. The van der Waals surface area contributed by atoms with Gasteiger partial charge in [-0.1, -0.05) is 24.3 Å². The SMILES string of the molecule is CN=C(NCCCOc1ccccc1)NCc1cccc(C)n1. The quantitative estimate of drug-likeness (QED) is 0.468. The number of hydrogen-bond acceptors (Lipinski definition) is 3. The van der Waals surface area contributed by atoms with Gasteiger partial charge in [-0.15, -0.1) is 0 Å². The van der Waals surface area contributed by atoms with Gasteiger partial charge in [0, 0.05) is 19.3 Å². The van der Waals surface area contributed by atoms with Gasteiger partial charge in [0.25, 0.3) is 0 Å². The molecule has 0 spiro atoms. The zero-order valence-corrected chi connectivity index (χ0v) is 13.7. The summed E-state index contributed by atoms with van der Waals surface area (Å²) in [5.41, 5.74) is 2.02. The van der Waals surface area contributed by atoms with Crippen LogP contribution in [0.25, 0.3) is 0 Å². The normalized spacial score (nSPS) is 11.1. The summed E-state index contributed by atoms with van der Waals surface area (Å²) < 4.78 is 5.65. The smallest absolute Gasteiger partial charge is 0.191 e. The molecule has 1 aromatic heterocycles. The summed E-state index contributed by atoms with van der Waals surface area (Å²) in [5.74, 6) is 1.67. The minimum Gasteiger partial charge on any atom is -0.494 e. The van der Waals surface area contributed by atoms with E-state index in [2.05, 4.69) is 20.6 Å². The minimum absolute atomic E-state index is 0.655. The molecule has 0 bridgehead atoms. The molecule has 2 rings (SSSR count). The standard InChI is InChI=1S/C18H24N4O/c1-15-8-6-9-16(22-15)14-21-18(19-2)20-12-7-13-23-17-10-4-3-5-11-17/h3-6,8-11H,7,12-14H2,1-2H3,(H2,19,20,21). The van der Waals surface area contributed by atoms with Gasteiger partial charge >= 0.3 is 0 Å². The topological polar surface area (TPSA) is 58.5 Å². The van der Waals surface area contributed by atoms with E-state index >= 15 is 0 Å². The van der Waals surface area contributed by atoms with Crippen LogP contribution < -0.4 is 15.4 Å². The number of nitrogens with one attached hydrogen (secondary N) is 2. The molecule has 0 aliphatic heterocycles. The molecule has 0 saturated carbocycles. The summed E-state index contributed by atoms with van der Waals surface area (Å²) in [6.07, 6.45) is 0.901. The zero-order chi connectivity index (χ0) is 16.3. The first-order valence-corrected chi connectivity index (χ1v) is 7.83. The van der Waals surface area contributed by atoms with Gasteiger partial charge in [-0.2, -0.15) is 0 Å². The Morgan fingerprint density at radius 1 is 1.09 bits per heavy atom. The van der Waals surface area contributed by atoms with Gasteiger partial charge in [0.2, 0.25) is 0 Å². The average Bonchev–Trinajstić information content (AvgIpc) is 2.58. The van der Waals surface area contributed by atoms with Crippen LogP contribution in [0.2, 0.25) is 0 Å². The van der Waals surface area contributed by atoms with E-state index in [1.807, 2.05) is 55.5 Å². The van der Waals surface area contributed by atoms with Crippen LogP contribution in [-0.2, 0) is 6.54 Å². The second-order valence-corrected chi connectivity index (χ2v) is 5.14. The van der Waals surface area contributed by atoms with Crippen molar-refractivity contribution >= 4 is 5.96 Å². The largest absolute Gasteiger partial charge is 0.494 e. The molecule has 0 radical (unpaired) electrons. The predicted octanol–water partition coefficient (Wildman–Crippen LogP) is 2.52. The van der Waals surface area contributed by atoms with E-state index in [1.165, 1.54) is 0 Å². The van der Waals surface area contributed by atoms with Crippen molar-refractivity contribution in [2.24, 2.45) is 4.99 Å². The Hall–Kier alpha value is -2.56. The van der Waals surface area contributed by atoms with E-state index in [0.717, 1.165) is 36.1 Å². The van der Waals surface area contributed by atoms with Gasteiger partial charge < -0.3 is 15.4 Å². The maximum Gasteiger partial charge on any atom is 0.191 e. The van der Waals surface area contributed by atoms with Gasteiger partial charge in [-0.3, -0.25) is 9.98 Å². The van der Waals surface area contributed by atoms with Crippen molar-refractivity contribution in [2.45, 2.75) is 19.9 Å². The number of para-hydroxylation sites is 1. The number of hydrogen-bond donors (Lipinski definition) is 2. The molecule has 0 aliphatic carbocycles. The molecule has 0 fully saturated rings. The Morgan fingerprint density at radius 3 is 2.65 bits per heavy atom. The van der Waals surface area contributed by atoms with Crippen molar-refractivity contribution in [2.75, 3.05) is 20.2 Å². The molecule has 0 atom stereocenters. The van der Waals surface area contributed by atoms with Crippen LogP contribution in [0, 0.1) is 6.92 Å². The Balaban J connectivity index is 1.63. The van der Waals surface area contributed by atoms with Crippen molar-refractivity contribution < 1.29 is 4.74 Å². The number of ether oxygens (including phenoxy) is 1. The summed E-state index contributed by atoms with van der Waals surface area (Å²) in [6, 6.07) is 15.8. The molecule has 1 aromatic carbocycles. The summed E-state index contributed by atoms with van der Waals surface area (Å²) in [7, 11) is 1.76. The lowest BCUT2D eigenvalue weighted by atomic mass is 10.3.